The van der Waals surface area contributed by atoms with E-state index in [4.69, 9.17) is 4.74 Å². The molecule has 0 saturated carbocycles. The quantitative estimate of drug-likeness (QED) is 0.467. The number of pyridine rings is 1. The maximum Gasteiger partial charge on any atom is 0.417 e. The van der Waals surface area contributed by atoms with Crippen LogP contribution in [0.15, 0.2) is 53.7 Å². The van der Waals surface area contributed by atoms with Crippen LogP contribution >= 0.6 is 0 Å². The lowest BCUT2D eigenvalue weighted by atomic mass is 10.1. The average molecular weight is 366 g/mol. The highest BCUT2D eigenvalue weighted by Gasteiger charge is 2.30. The number of nitrogens with one attached hydrogen (secondary N) is 2. The number of nitrogens with zero attached hydrogens (tertiary/aromatic N) is 2. The second-order valence-corrected chi connectivity index (χ2v) is 5.51. The fourth-order valence-corrected chi connectivity index (χ4v) is 2.18. The van der Waals surface area contributed by atoms with Crippen LogP contribution < -0.4 is 15.4 Å². The topological polar surface area (TPSA) is 58.5 Å². The fraction of sp³-hybridized carbons (Fsp3) is 0.333. The second kappa shape index (κ2) is 9.07. The molecule has 0 aliphatic heterocycles. The summed E-state index contributed by atoms with van der Waals surface area (Å²) in [4.78, 5) is 7.79. The number of hydrogen-bond donors (Lipinski definition) is 2. The van der Waals surface area contributed by atoms with E-state index in [1.807, 2.05) is 37.3 Å². The van der Waals surface area contributed by atoms with Crippen molar-refractivity contribution in [2.24, 2.45) is 4.99 Å². The van der Waals surface area contributed by atoms with Crippen LogP contribution in [0.1, 0.15) is 24.1 Å². The van der Waals surface area contributed by atoms with Crippen molar-refractivity contribution in [3.05, 3.63) is 59.8 Å². The van der Waals surface area contributed by atoms with E-state index in [0.29, 0.717) is 12.5 Å². The predicted molar refractivity (Wildman–Crippen MR) is 94.1 cm³/mol. The number of ether oxygens (including phenoxy) is 1. The van der Waals surface area contributed by atoms with Gasteiger partial charge in [0.1, 0.15) is 6.61 Å². The van der Waals surface area contributed by atoms with Crippen molar-refractivity contribution >= 4 is 5.96 Å². The van der Waals surface area contributed by atoms with Crippen LogP contribution in [0, 0.1) is 0 Å². The first-order valence-corrected chi connectivity index (χ1v) is 8.08. The molecule has 1 aromatic carbocycles. The number of rotatable bonds is 6. The van der Waals surface area contributed by atoms with Crippen LogP contribution in [0.2, 0.25) is 0 Å². The van der Waals surface area contributed by atoms with Crippen molar-refractivity contribution in [1.29, 1.82) is 0 Å². The minimum absolute atomic E-state index is 0.0693. The SMILES string of the molecule is CN=C(NCCOc1ccc(C(F)(F)F)cn1)NC(C)c1ccccc1. The van der Waals surface area contributed by atoms with E-state index in [2.05, 4.69) is 20.6 Å². The summed E-state index contributed by atoms with van der Waals surface area (Å²) < 4.78 is 42.7. The van der Waals surface area contributed by atoms with Gasteiger partial charge < -0.3 is 15.4 Å². The van der Waals surface area contributed by atoms with E-state index in [1.165, 1.54) is 6.07 Å². The highest BCUT2D eigenvalue weighted by Crippen LogP contribution is 2.29. The molecule has 0 aliphatic carbocycles. The van der Waals surface area contributed by atoms with Crippen molar-refractivity contribution < 1.29 is 17.9 Å². The smallest absolute Gasteiger partial charge is 0.417 e. The lowest BCUT2D eigenvalue weighted by molar-refractivity contribution is -0.137. The molecule has 2 N–H and O–H groups in total. The Kier molecular flexibility index (Phi) is 6.82. The Morgan fingerprint density at radius 2 is 1.92 bits per heavy atom. The number of aromatic nitrogens is 1. The first-order valence-electron chi connectivity index (χ1n) is 8.08. The summed E-state index contributed by atoms with van der Waals surface area (Å²) in [5.41, 5.74) is 0.322. The Balaban J connectivity index is 1.76. The Hall–Kier alpha value is -2.77. The van der Waals surface area contributed by atoms with Crippen molar-refractivity contribution in [3.63, 3.8) is 0 Å². The number of alkyl halides is 3. The molecule has 2 rings (SSSR count). The summed E-state index contributed by atoms with van der Waals surface area (Å²) in [6.45, 7) is 2.67. The van der Waals surface area contributed by atoms with Gasteiger partial charge in [-0.05, 0) is 18.6 Å². The lowest BCUT2D eigenvalue weighted by Crippen LogP contribution is -2.40. The van der Waals surface area contributed by atoms with Gasteiger partial charge in [-0.15, -0.1) is 0 Å². The molecule has 0 spiro atoms. The van der Waals surface area contributed by atoms with E-state index in [9.17, 15) is 13.2 Å². The van der Waals surface area contributed by atoms with Gasteiger partial charge in [-0.25, -0.2) is 4.98 Å². The van der Waals surface area contributed by atoms with Gasteiger partial charge in [0.15, 0.2) is 5.96 Å². The Bertz CT molecular complexity index is 703. The molecule has 5 nitrogen and oxygen atoms in total. The number of guanidine groups is 1. The van der Waals surface area contributed by atoms with Gasteiger partial charge in [-0.1, -0.05) is 30.3 Å². The maximum absolute atomic E-state index is 12.5. The van der Waals surface area contributed by atoms with Gasteiger partial charge in [-0.3, -0.25) is 4.99 Å². The zero-order chi connectivity index (χ0) is 19.0. The molecule has 0 saturated heterocycles. The van der Waals surface area contributed by atoms with Crippen LogP contribution in [-0.4, -0.2) is 31.1 Å². The fourth-order valence-electron chi connectivity index (χ4n) is 2.18. The van der Waals surface area contributed by atoms with E-state index in [0.717, 1.165) is 17.8 Å². The van der Waals surface area contributed by atoms with Gasteiger partial charge in [0, 0.05) is 19.3 Å². The number of hydrogen-bond acceptors (Lipinski definition) is 3. The molecule has 0 amide bonds. The number of aliphatic imine (C=N–C) groups is 1. The summed E-state index contributed by atoms with van der Waals surface area (Å²) in [7, 11) is 1.66. The molecule has 0 bridgehead atoms. The molecule has 0 fully saturated rings. The molecular formula is C18H21F3N4O. The average Bonchev–Trinajstić information content (AvgIpc) is 2.64. The molecule has 26 heavy (non-hydrogen) atoms. The van der Waals surface area contributed by atoms with Crippen LogP contribution in [0.25, 0.3) is 0 Å². The Morgan fingerprint density at radius 1 is 1.19 bits per heavy atom. The number of benzene rings is 1. The third-order valence-corrected chi connectivity index (χ3v) is 3.58. The molecular weight excluding hydrogens is 345 g/mol. The molecule has 1 aromatic heterocycles. The van der Waals surface area contributed by atoms with Gasteiger partial charge >= 0.3 is 6.18 Å². The van der Waals surface area contributed by atoms with Gasteiger partial charge in [0.05, 0.1) is 18.2 Å². The molecule has 0 radical (unpaired) electrons. The second-order valence-electron chi connectivity index (χ2n) is 5.51. The van der Waals surface area contributed by atoms with Crippen molar-refractivity contribution in [1.82, 2.24) is 15.6 Å². The van der Waals surface area contributed by atoms with E-state index in [-0.39, 0.29) is 18.5 Å². The Labute approximate surface area is 150 Å². The molecule has 0 aliphatic rings. The highest BCUT2D eigenvalue weighted by molar-refractivity contribution is 5.80. The third-order valence-electron chi connectivity index (χ3n) is 3.58. The van der Waals surface area contributed by atoms with Gasteiger partial charge in [-0.2, -0.15) is 13.2 Å². The van der Waals surface area contributed by atoms with Gasteiger partial charge in [0.25, 0.3) is 0 Å². The maximum atomic E-state index is 12.5. The summed E-state index contributed by atoms with van der Waals surface area (Å²) in [6.07, 6.45) is -3.65. The number of halogens is 3. The lowest BCUT2D eigenvalue weighted by Gasteiger charge is -2.18. The zero-order valence-corrected chi connectivity index (χ0v) is 14.5. The minimum atomic E-state index is -4.40. The molecule has 1 atom stereocenters. The van der Waals surface area contributed by atoms with E-state index < -0.39 is 11.7 Å². The summed E-state index contributed by atoms with van der Waals surface area (Å²) in [5.74, 6) is 0.741. The third kappa shape index (κ3) is 5.94. The molecule has 8 heteroatoms. The van der Waals surface area contributed by atoms with E-state index >= 15 is 0 Å². The van der Waals surface area contributed by atoms with Crippen molar-refractivity contribution in [2.45, 2.75) is 19.1 Å². The van der Waals surface area contributed by atoms with Crippen LogP contribution in [-0.2, 0) is 6.18 Å². The summed E-state index contributed by atoms with van der Waals surface area (Å²) >= 11 is 0. The molecule has 1 unspecified atom stereocenters. The summed E-state index contributed by atoms with van der Waals surface area (Å²) in [6, 6.07) is 12.1. The first-order chi connectivity index (χ1) is 12.4. The normalized spacial score (nSPS) is 13.2. The van der Waals surface area contributed by atoms with Crippen LogP contribution in [0.5, 0.6) is 5.88 Å². The minimum Gasteiger partial charge on any atom is -0.476 e. The first kappa shape index (κ1) is 19.6. The van der Waals surface area contributed by atoms with E-state index in [1.54, 1.807) is 7.05 Å². The predicted octanol–water partition coefficient (Wildman–Crippen LogP) is 3.41. The van der Waals surface area contributed by atoms with Crippen molar-refractivity contribution in [2.75, 3.05) is 20.2 Å². The monoisotopic (exact) mass is 366 g/mol. The van der Waals surface area contributed by atoms with Gasteiger partial charge in [0.2, 0.25) is 5.88 Å². The standard InChI is InChI=1S/C18H21F3N4O/c1-13(14-6-4-3-5-7-14)25-17(22-2)23-10-11-26-16-9-8-15(12-24-16)18(19,20)21/h3-9,12-13H,10-11H2,1-2H3,(H2,22,23,25). The van der Waals surface area contributed by atoms with Crippen molar-refractivity contribution in [3.8, 4) is 5.88 Å². The van der Waals surface area contributed by atoms with Crippen LogP contribution in [0.4, 0.5) is 13.2 Å². The molecule has 2 aromatic rings. The molecule has 1 heterocycles. The summed E-state index contributed by atoms with van der Waals surface area (Å²) in [5, 5.41) is 6.33. The Morgan fingerprint density at radius 3 is 2.50 bits per heavy atom. The van der Waals surface area contributed by atoms with Crippen LogP contribution in [0.3, 0.4) is 0 Å². The highest BCUT2D eigenvalue weighted by atomic mass is 19.4. The zero-order valence-electron chi connectivity index (χ0n) is 14.5. The largest absolute Gasteiger partial charge is 0.476 e. The molecule has 140 valence electrons.